The van der Waals surface area contributed by atoms with Crippen LogP contribution in [0, 0.1) is 23.2 Å². The van der Waals surface area contributed by atoms with Crippen LogP contribution in [0.5, 0.6) is 5.75 Å². The van der Waals surface area contributed by atoms with E-state index >= 15 is 0 Å². The molecule has 1 aromatic rings. The number of rotatable bonds is 13. The normalized spacial score (nSPS) is 41.9. The summed E-state index contributed by atoms with van der Waals surface area (Å²) < 4.78 is 48.9. The second kappa shape index (κ2) is 14.3. The van der Waals surface area contributed by atoms with Crippen LogP contribution >= 0.6 is 0 Å². The molecule has 19 nitrogen and oxygen atoms in total. The zero-order chi connectivity index (χ0) is 41.9. The standard InChI is InChI=1S/C40H51N3O16/c1-5-43(37(51)53-13-17-6-7-21(20(12-17)42-22(44)9-11-41)55-36-27(47)25(45)26(46)30(57-36)34(48)49)15-54-31-24-29-28(56-29)23-19-14-52-35(50)18(19)8-10-38(23,4)40(24)33(59-40)32-39(31,58-32)16(2)3/h6-7,12,16,23-33,36,45-47H,5,8-11,13-15,41H2,1-4H3,(H,42,44)(H,48,49)/t23-,24?,25?,26+,27+,28+,29-,30?,31+,32+,33+,36-,38+,39-,40-/m1/s1. The number of nitrogens with one attached hydrogen (secondary N) is 1. The van der Waals surface area contributed by atoms with Crippen LogP contribution in [0.1, 0.15) is 52.5 Å². The lowest BCUT2D eigenvalue weighted by Gasteiger charge is -2.54. The predicted molar refractivity (Wildman–Crippen MR) is 197 cm³/mol. The minimum absolute atomic E-state index is 0.00876. The first-order valence-corrected chi connectivity index (χ1v) is 20.3. The summed E-state index contributed by atoms with van der Waals surface area (Å²) in [6, 6.07) is 4.37. The van der Waals surface area contributed by atoms with Gasteiger partial charge in [-0.05, 0) is 49.0 Å². The van der Waals surface area contributed by atoms with E-state index in [1.807, 2.05) is 0 Å². The number of nitrogens with two attached hydrogens (primary N) is 1. The molecule has 7 N–H and O–H groups in total. The van der Waals surface area contributed by atoms with Crippen LogP contribution < -0.4 is 15.8 Å². The first kappa shape index (κ1) is 40.5. The quantitative estimate of drug-likeness (QED) is 0.0878. The molecular formula is C40H51N3O16. The maximum atomic E-state index is 13.6. The number of nitrogens with zero attached hydrogens (tertiary/aromatic N) is 1. The number of ether oxygens (including phenoxy) is 8. The van der Waals surface area contributed by atoms with E-state index in [-0.39, 0.29) is 104 Å². The molecule has 322 valence electrons. The van der Waals surface area contributed by atoms with Crippen LogP contribution in [0.2, 0.25) is 0 Å². The van der Waals surface area contributed by atoms with Crippen molar-refractivity contribution >= 4 is 29.6 Å². The Morgan fingerprint density at radius 2 is 1.85 bits per heavy atom. The third-order valence-electron chi connectivity index (χ3n) is 14.1. The van der Waals surface area contributed by atoms with Gasteiger partial charge in [0.15, 0.2) is 6.10 Å². The number of anilines is 1. The molecule has 6 fully saturated rings. The number of hydrogen-bond donors (Lipinski definition) is 6. The van der Waals surface area contributed by atoms with Crippen molar-refractivity contribution in [2.24, 2.45) is 28.9 Å². The van der Waals surface area contributed by atoms with Crippen molar-refractivity contribution in [3.05, 3.63) is 34.9 Å². The van der Waals surface area contributed by atoms with Crippen LogP contribution in [0.25, 0.3) is 0 Å². The van der Waals surface area contributed by atoms with Gasteiger partial charge in [0, 0.05) is 42.3 Å². The van der Waals surface area contributed by atoms with Gasteiger partial charge in [-0.2, -0.15) is 0 Å². The van der Waals surface area contributed by atoms with Crippen molar-refractivity contribution in [3.8, 4) is 5.75 Å². The summed E-state index contributed by atoms with van der Waals surface area (Å²) in [5, 5.41) is 42.9. The number of carboxylic acids is 1. The molecule has 5 heterocycles. The van der Waals surface area contributed by atoms with Gasteiger partial charge in [-0.25, -0.2) is 14.4 Å². The summed E-state index contributed by atoms with van der Waals surface area (Å²) in [7, 11) is 0. The van der Waals surface area contributed by atoms with Crippen LogP contribution in [0.3, 0.4) is 0 Å². The monoisotopic (exact) mass is 829 g/mol. The van der Waals surface area contributed by atoms with Crippen LogP contribution in [-0.2, 0) is 54.1 Å². The number of aliphatic hydroxyl groups is 3. The molecule has 3 unspecified atom stereocenters. The molecule has 19 heteroatoms. The molecule has 8 aliphatic rings. The average Bonchev–Trinajstić information content (AvgIpc) is 4.12. The number of aliphatic hydroxyl groups excluding tert-OH is 3. The number of fused-ring (bicyclic) bond motifs is 7. The minimum Gasteiger partial charge on any atom is -0.479 e. The third kappa shape index (κ3) is 6.02. The second-order valence-electron chi connectivity index (χ2n) is 17.3. The molecule has 1 aromatic carbocycles. The number of epoxide rings is 3. The lowest BCUT2D eigenvalue weighted by atomic mass is 9.47. The van der Waals surface area contributed by atoms with Gasteiger partial charge >= 0.3 is 18.0 Å². The number of benzene rings is 1. The van der Waals surface area contributed by atoms with E-state index in [2.05, 4.69) is 26.1 Å². The minimum atomic E-state index is -1.92. The van der Waals surface area contributed by atoms with Gasteiger partial charge in [0.1, 0.15) is 67.4 Å². The lowest BCUT2D eigenvalue weighted by Crippen LogP contribution is -2.66. The van der Waals surface area contributed by atoms with E-state index in [0.29, 0.717) is 12.0 Å². The second-order valence-corrected chi connectivity index (χ2v) is 17.3. The van der Waals surface area contributed by atoms with E-state index < -0.39 is 66.0 Å². The highest BCUT2D eigenvalue weighted by Crippen LogP contribution is 2.79. The van der Waals surface area contributed by atoms with Gasteiger partial charge < -0.3 is 69.4 Å². The molecule has 4 saturated heterocycles. The first-order valence-electron chi connectivity index (χ1n) is 20.3. The Morgan fingerprint density at radius 3 is 2.56 bits per heavy atom. The highest BCUT2D eigenvalue weighted by Gasteiger charge is 2.93. The molecule has 1 spiro atoms. The van der Waals surface area contributed by atoms with Crippen molar-refractivity contribution in [2.45, 2.75) is 126 Å². The Hall–Kier alpha value is -3.92. The molecule has 9 rings (SSSR count). The molecule has 2 amide bonds. The maximum Gasteiger partial charge on any atom is 0.411 e. The number of aliphatic carboxylic acids is 1. The lowest BCUT2D eigenvalue weighted by molar-refractivity contribution is -0.271. The molecule has 0 bridgehead atoms. The fourth-order valence-electron chi connectivity index (χ4n) is 11.0. The Morgan fingerprint density at radius 1 is 1.07 bits per heavy atom. The SMILES string of the molecule is CCN(CO[C@H]1C2[C@H]3O[C@H]3[C@H]3C4=C(CC[C@]3(C)[C@@]23O[C@H]3[C@@H]2O[C@]12C(C)C)C(=O)OC4)C(=O)OCc1ccc(O[C@@H]2OC(C(=O)O)[C@@H](O)C(O)[C@@H]2O)c(NC(=O)CCN)c1. The number of hydrogen-bond acceptors (Lipinski definition) is 16. The highest BCUT2D eigenvalue weighted by atomic mass is 16.7. The smallest absolute Gasteiger partial charge is 0.411 e. The van der Waals surface area contributed by atoms with Gasteiger partial charge in [-0.15, -0.1) is 0 Å². The summed E-state index contributed by atoms with van der Waals surface area (Å²) >= 11 is 0. The summed E-state index contributed by atoms with van der Waals surface area (Å²) in [5.41, 5.74) is 6.29. The summed E-state index contributed by atoms with van der Waals surface area (Å²) in [4.78, 5) is 51.9. The van der Waals surface area contributed by atoms with E-state index in [9.17, 15) is 39.6 Å². The molecular weight excluding hydrogens is 778 g/mol. The van der Waals surface area contributed by atoms with Gasteiger partial charge in [0.05, 0.1) is 24.0 Å². The third-order valence-corrected chi connectivity index (χ3v) is 14.1. The number of esters is 1. The Labute approximate surface area is 338 Å². The van der Waals surface area contributed by atoms with Crippen molar-refractivity contribution in [1.29, 1.82) is 0 Å². The van der Waals surface area contributed by atoms with Gasteiger partial charge in [0.25, 0.3) is 0 Å². The Balaban J connectivity index is 0.897. The zero-order valence-corrected chi connectivity index (χ0v) is 33.1. The number of carbonyl (C=O) groups is 4. The number of cyclic esters (lactones) is 1. The number of amides is 2. The fourth-order valence-corrected chi connectivity index (χ4v) is 11.0. The zero-order valence-electron chi connectivity index (χ0n) is 33.1. The number of carboxylic acid groups (broad SMARTS) is 1. The first-order chi connectivity index (χ1) is 28.1. The van der Waals surface area contributed by atoms with Crippen molar-refractivity contribution in [2.75, 3.05) is 31.7 Å². The summed E-state index contributed by atoms with van der Waals surface area (Å²) in [6.07, 6.45) is -9.75. The van der Waals surface area contributed by atoms with Crippen molar-refractivity contribution in [3.63, 3.8) is 0 Å². The van der Waals surface area contributed by atoms with Gasteiger partial charge in [0.2, 0.25) is 12.2 Å². The number of carbonyl (C=O) groups excluding carboxylic acids is 3. The van der Waals surface area contributed by atoms with E-state index in [0.717, 1.165) is 17.6 Å². The van der Waals surface area contributed by atoms with Crippen LogP contribution in [0.15, 0.2) is 29.3 Å². The Bertz CT molecular complexity index is 1960. The van der Waals surface area contributed by atoms with Crippen molar-refractivity contribution in [1.82, 2.24) is 4.90 Å². The van der Waals surface area contributed by atoms with Gasteiger partial charge in [-0.1, -0.05) is 26.8 Å². The van der Waals surface area contributed by atoms with E-state index in [4.69, 9.17) is 43.6 Å². The summed E-state index contributed by atoms with van der Waals surface area (Å²) in [5.74, 6) is -2.50. The molecule has 5 aliphatic heterocycles. The average molecular weight is 830 g/mol. The highest BCUT2D eigenvalue weighted by molar-refractivity contribution is 5.93. The predicted octanol–water partition coefficient (Wildman–Crippen LogP) is 0.158. The largest absolute Gasteiger partial charge is 0.479 e. The molecule has 2 saturated carbocycles. The van der Waals surface area contributed by atoms with Crippen LogP contribution in [0.4, 0.5) is 10.5 Å². The molecule has 59 heavy (non-hydrogen) atoms. The molecule has 0 radical (unpaired) electrons. The maximum absolute atomic E-state index is 13.6. The van der Waals surface area contributed by atoms with E-state index in [1.165, 1.54) is 23.1 Å². The topological polar surface area (TPSA) is 274 Å². The Kier molecular flexibility index (Phi) is 9.84. The molecule has 15 atom stereocenters. The van der Waals surface area contributed by atoms with Crippen molar-refractivity contribution < 1.29 is 77.5 Å². The summed E-state index contributed by atoms with van der Waals surface area (Å²) in [6.45, 7) is 8.48. The molecule has 3 aliphatic carbocycles. The van der Waals surface area contributed by atoms with Gasteiger partial charge in [-0.3, -0.25) is 9.69 Å². The van der Waals surface area contributed by atoms with Crippen LogP contribution in [-0.4, -0.2) is 148 Å². The van der Waals surface area contributed by atoms with E-state index in [1.54, 1.807) is 6.92 Å². The molecule has 0 aromatic heterocycles. The fraction of sp³-hybridized carbons (Fsp3) is 0.700.